The van der Waals surface area contributed by atoms with Crippen molar-refractivity contribution in [3.05, 3.63) is 0 Å². The molecule has 1 aliphatic heterocycles. The number of rotatable bonds is 9. The molecule has 2 atom stereocenters. The van der Waals surface area contributed by atoms with Crippen molar-refractivity contribution >= 4 is 76.7 Å². The van der Waals surface area contributed by atoms with Crippen molar-refractivity contribution in [1.29, 1.82) is 0 Å². The average Bonchev–Trinajstić information content (AvgIpc) is 2.43. The molecule has 2 unspecified atom stereocenters. The molecule has 156 valence electrons. The molecule has 0 aromatic carbocycles. The molecular weight excluding hydrogens is 457 g/mol. The van der Waals surface area contributed by atoms with Gasteiger partial charge >= 0.3 is 25.7 Å². The largest absolute Gasteiger partial charge is 0.487 e. The Morgan fingerprint density at radius 3 is 1.52 bits per heavy atom. The van der Waals surface area contributed by atoms with Crippen LogP contribution in [0.2, 0.25) is 37.8 Å². The molecule has 0 amide bonds. The molecule has 0 N–H and O–H groups in total. The van der Waals surface area contributed by atoms with E-state index in [0.717, 1.165) is 12.1 Å². The summed E-state index contributed by atoms with van der Waals surface area (Å²) in [4.78, 5) is 22.6. The smallest absolute Gasteiger partial charge is 0.320 e. The van der Waals surface area contributed by atoms with Gasteiger partial charge in [0.05, 0.1) is 6.61 Å². The predicted octanol–water partition coefficient (Wildman–Crippen LogP) is 4.19. The van der Waals surface area contributed by atoms with E-state index in [-0.39, 0.29) is 10.2 Å². The zero-order valence-corrected chi connectivity index (χ0v) is 22.4. The fraction of sp³-hybridized carbons (Fsp3) is 0.800. The molecule has 0 radical (unpaired) electrons. The third-order valence-corrected chi connectivity index (χ3v) is 20.1. The van der Waals surface area contributed by atoms with Crippen LogP contribution in [0, 0.1) is 0 Å². The molecule has 0 aliphatic carbocycles. The van der Waals surface area contributed by atoms with E-state index in [1.165, 1.54) is 23.5 Å². The van der Waals surface area contributed by atoms with Crippen molar-refractivity contribution in [1.82, 2.24) is 0 Å². The lowest BCUT2D eigenvalue weighted by Gasteiger charge is -2.50. The molecule has 6 nitrogen and oxygen atoms in total. The monoisotopic (exact) mass is 486 g/mol. The van der Waals surface area contributed by atoms with E-state index in [1.54, 1.807) is 20.8 Å². The van der Waals surface area contributed by atoms with Gasteiger partial charge in [0.15, 0.2) is 15.3 Å². The Morgan fingerprint density at radius 1 is 0.815 bits per heavy atom. The van der Waals surface area contributed by atoms with Crippen molar-refractivity contribution in [3.63, 3.8) is 0 Å². The molecule has 1 fully saturated rings. The van der Waals surface area contributed by atoms with Crippen LogP contribution in [0.3, 0.4) is 0 Å². The standard InChI is InChI=1S/C15H30O6S3Si3/c1-13(16)23-8-11-26(5)19-25(4,10-7-18-15(3)22)20-27(6,21-26)12-9-24-14(2)17/h7-12H2,1-6H3. The maximum Gasteiger partial charge on any atom is 0.320 e. The summed E-state index contributed by atoms with van der Waals surface area (Å²) in [5.41, 5.74) is 0. The Kier molecular flexibility index (Phi) is 10.4. The van der Waals surface area contributed by atoms with Gasteiger partial charge in [0, 0.05) is 38.3 Å². The number of hydrogen-bond acceptors (Lipinski definition) is 9. The van der Waals surface area contributed by atoms with Crippen LogP contribution in [-0.2, 0) is 26.7 Å². The molecule has 0 aromatic rings. The molecule has 0 bridgehead atoms. The molecule has 0 aromatic heterocycles. The summed E-state index contributed by atoms with van der Waals surface area (Å²) in [6.45, 7) is 11.6. The van der Waals surface area contributed by atoms with Crippen molar-refractivity contribution in [2.24, 2.45) is 0 Å². The zero-order valence-electron chi connectivity index (χ0n) is 16.9. The summed E-state index contributed by atoms with van der Waals surface area (Å²) in [7, 11) is -7.47. The first-order valence-corrected chi connectivity index (χ1v) is 18.8. The molecular formula is C15H30O6S3Si3. The van der Waals surface area contributed by atoms with Crippen molar-refractivity contribution in [3.8, 4) is 0 Å². The van der Waals surface area contributed by atoms with Gasteiger partial charge in [-0.1, -0.05) is 23.5 Å². The summed E-state index contributed by atoms with van der Waals surface area (Å²) in [6.07, 6.45) is 0. The third-order valence-electron chi connectivity index (χ3n) is 3.88. The van der Waals surface area contributed by atoms with Crippen LogP contribution in [-0.4, -0.2) is 59.1 Å². The number of thiocarbonyl (C=S) groups is 1. The quantitative estimate of drug-likeness (QED) is 0.352. The van der Waals surface area contributed by atoms with Crippen LogP contribution in [0.25, 0.3) is 0 Å². The third kappa shape index (κ3) is 10.2. The Labute approximate surface area is 179 Å². The topological polar surface area (TPSA) is 71.1 Å². The maximum atomic E-state index is 11.3. The molecule has 0 spiro atoms. The van der Waals surface area contributed by atoms with Crippen LogP contribution in [0.15, 0.2) is 0 Å². The van der Waals surface area contributed by atoms with E-state index < -0.39 is 25.7 Å². The second-order valence-electron chi connectivity index (χ2n) is 6.98. The van der Waals surface area contributed by atoms with Gasteiger partial charge in [0.25, 0.3) is 0 Å². The lowest BCUT2D eigenvalue weighted by Crippen LogP contribution is -2.67. The normalized spacial score (nSPS) is 30.7. The van der Waals surface area contributed by atoms with E-state index >= 15 is 0 Å². The summed E-state index contributed by atoms with van der Waals surface area (Å²) in [5.74, 6) is 1.37. The lowest BCUT2D eigenvalue weighted by atomic mass is 10.8. The average molecular weight is 487 g/mol. The van der Waals surface area contributed by atoms with Gasteiger partial charge in [0.1, 0.15) is 0 Å². The van der Waals surface area contributed by atoms with Gasteiger partial charge in [-0.15, -0.1) is 0 Å². The molecule has 1 heterocycles. The highest BCUT2D eigenvalue weighted by atomic mass is 32.2. The van der Waals surface area contributed by atoms with Crippen LogP contribution in [0.1, 0.15) is 20.8 Å². The summed E-state index contributed by atoms with van der Waals surface area (Å²) in [5, 5.41) is 0.708. The molecule has 12 heteroatoms. The number of thioether (sulfide) groups is 2. The van der Waals surface area contributed by atoms with E-state index in [1.807, 2.05) is 0 Å². The first-order valence-electron chi connectivity index (χ1n) is 8.88. The Balaban J connectivity index is 2.87. The second kappa shape index (κ2) is 11.0. The maximum absolute atomic E-state index is 11.3. The SMILES string of the molecule is CC(=O)SCC[Si]1(C)O[Si](C)(CCOC(C)=S)O[Si](C)(CCSC(C)=O)O1. The Bertz CT molecular complexity index is 481. The highest BCUT2D eigenvalue weighted by Gasteiger charge is 2.56. The van der Waals surface area contributed by atoms with Crippen molar-refractivity contribution in [2.45, 2.75) is 58.5 Å². The van der Waals surface area contributed by atoms with E-state index in [0.29, 0.717) is 29.2 Å². The minimum Gasteiger partial charge on any atom is -0.487 e. The minimum atomic E-state index is -2.50. The fourth-order valence-electron chi connectivity index (χ4n) is 2.88. The van der Waals surface area contributed by atoms with Crippen LogP contribution < -0.4 is 0 Å². The number of carbonyl (C=O) groups is 2. The summed E-state index contributed by atoms with van der Waals surface area (Å²) < 4.78 is 25.0. The van der Waals surface area contributed by atoms with Gasteiger partial charge in [-0.3, -0.25) is 9.59 Å². The molecule has 1 saturated heterocycles. The Morgan fingerprint density at radius 2 is 1.19 bits per heavy atom. The summed E-state index contributed by atoms with van der Waals surface area (Å²) >= 11 is 7.59. The predicted molar refractivity (Wildman–Crippen MR) is 123 cm³/mol. The van der Waals surface area contributed by atoms with Crippen molar-refractivity contribution < 1.29 is 26.7 Å². The Hall–Kier alpha value is 0.461. The first kappa shape index (κ1) is 25.5. The molecule has 0 saturated carbocycles. The van der Waals surface area contributed by atoms with Crippen LogP contribution >= 0.6 is 35.7 Å². The van der Waals surface area contributed by atoms with Gasteiger partial charge in [0.2, 0.25) is 0 Å². The molecule has 1 rings (SSSR count). The van der Waals surface area contributed by atoms with Gasteiger partial charge in [-0.25, -0.2) is 0 Å². The number of carbonyl (C=O) groups excluding carboxylic acids is 2. The van der Waals surface area contributed by atoms with E-state index in [4.69, 9.17) is 29.3 Å². The second-order valence-corrected chi connectivity index (χ2v) is 20.8. The zero-order chi connectivity index (χ0) is 20.7. The minimum absolute atomic E-state index is 0.0994. The van der Waals surface area contributed by atoms with E-state index in [9.17, 15) is 9.59 Å². The van der Waals surface area contributed by atoms with Crippen molar-refractivity contribution in [2.75, 3.05) is 18.1 Å². The molecule has 1 aliphatic rings. The number of ether oxygens (including phenoxy) is 1. The lowest BCUT2D eigenvalue weighted by molar-refractivity contribution is -0.109. The fourth-order valence-corrected chi connectivity index (χ4v) is 22.8. The van der Waals surface area contributed by atoms with E-state index in [2.05, 4.69) is 19.6 Å². The summed E-state index contributed by atoms with van der Waals surface area (Å²) in [6, 6.07) is 2.15. The molecule has 27 heavy (non-hydrogen) atoms. The van der Waals surface area contributed by atoms with Gasteiger partial charge < -0.3 is 17.1 Å². The van der Waals surface area contributed by atoms with Gasteiger partial charge in [-0.05, 0) is 43.9 Å². The first-order chi connectivity index (χ1) is 12.4. The van der Waals surface area contributed by atoms with Crippen LogP contribution in [0.4, 0.5) is 0 Å². The van der Waals surface area contributed by atoms with Crippen LogP contribution in [0.5, 0.6) is 0 Å². The van der Waals surface area contributed by atoms with Gasteiger partial charge in [-0.2, -0.15) is 0 Å². The number of hydrogen-bond donors (Lipinski definition) is 0. The highest BCUT2D eigenvalue weighted by molar-refractivity contribution is 8.13. The highest BCUT2D eigenvalue weighted by Crippen LogP contribution is 2.37.